The minimum atomic E-state index is -0.377. The first-order chi connectivity index (χ1) is 16.3. The Morgan fingerprint density at radius 2 is 1.68 bits per heavy atom. The monoisotopic (exact) mass is 498 g/mol. The summed E-state index contributed by atoms with van der Waals surface area (Å²) in [7, 11) is 0. The zero-order valence-corrected chi connectivity index (χ0v) is 20.9. The average Bonchev–Trinajstić information content (AvgIpc) is 2.80. The molecule has 3 rings (SSSR count). The van der Waals surface area contributed by atoms with Crippen LogP contribution in [-0.4, -0.2) is 28.4 Å². The highest BCUT2D eigenvalue weighted by molar-refractivity contribution is 7.98. The molecule has 1 aromatic heterocycles. The van der Waals surface area contributed by atoms with Crippen LogP contribution in [0.25, 0.3) is 0 Å². The number of aryl methyl sites for hydroxylation is 3. The van der Waals surface area contributed by atoms with Crippen LogP contribution in [-0.2, 0) is 10.5 Å². The number of ether oxygens (including phenoxy) is 1. The lowest BCUT2D eigenvalue weighted by molar-refractivity contribution is -0.122. The summed E-state index contributed by atoms with van der Waals surface area (Å²) >= 11 is 7.47. The molecule has 0 aliphatic heterocycles. The summed E-state index contributed by atoms with van der Waals surface area (Å²) in [6, 6.07) is 14.5. The van der Waals surface area contributed by atoms with Gasteiger partial charge in [-0.05, 0) is 74.7 Å². The summed E-state index contributed by atoms with van der Waals surface area (Å²) in [4.78, 5) is 33.2. The molecule has 9 heteroatoms. The highest BCUT2D eigenvalue weighted by Crippen LogP contribution is 2.22. The van der Waals surface area contributed by atoms with E-state index in [1.54, 1.807) is 36.0 Å². The molecule has 0 atom stereocenters. The normalized spacial score (nSPS) is 10.6. The number of hydrogen-bond donors (Lipinski definition) is 2. The van der Waals surface area contributed by atoms with Gasteiger partial charge >= 0.3 is 0 Å². The third-order valence-corrected chi connectivity index (χ3v) is 5.96. The van der Waals surface area contributed by atoms with Gasteiger partial charge in [0, 0.05) is 34.1 Å². The van der Waals surface area contributed by atoms with Crippen LogP contribution < -0.4 is 15.6 Å². The number of carbonyl (C=O) groups is 2. The van der Waals surface area contributed by atoms with Crippen molar-refractivity contribution in [2.45, 2.75) is 44.5 Å². The van der Waals surface area contributed by atoms with Crippen LogP contribution in [0.15, 0.2) is 53.7 Å². The summed E-state index contributed by atoms with van der Waals surface area (Å²) in [6.07, 6.45) is 0.740. The Bertz CT molecular complexity index is 1140. The fourth-order valence-electron chi connectivity index (χ4n) is 3.11. The highest BCUT2D eigenvalue weighted by atomic mass is 35.5. The molecule has 0 bridgehead atoms. The summed E-state index contributed by atoms with van der Waals surface area (Å²) < 4.78 is 5.67. The molecule has 0 saturated heterocycles. The van der Waals surface area contributed by atoms with Gasteiger partial charge in [-0.25, -0.2) is 9.97 Å². The van der Waals surface area contributed by atoms with Crippen LogP contribution in [0.1, 0.15) is 45.7 Å². The van der Waals surface area contributed by atoms with Gasteiger partial charge in [-0.3, -0.25) is 20.4 Å². The van der Waals surface area contributed by atoms with Gasteiger partial charge < -0.3 is 4.74 Å². The van der Waals surface area contributed by atoms with Crippen LogP contribution in [0.3, 0.4) is 0 Å². The second kappa shape index (κ2) is 12.4. The molecular weight excluding hydrogens is 472 g/mol. The van der Waals surface area contributed by atoms with E-state index >= 15 is 0 Å². The topological polar surface area (TPSA) is 93.2 Å². The molecule has 0 saturated carbocycles. The molecule has 3 aromatic rings. The maximum atomic E-state index is 12.3. The molecule has 2 amide bonds. The van der Waals surface area contributed by atoms with Crippen molar-refractivity contribution in [3.63, 3.8) is 0 Å². The van der Waals surface area contributed by atoms with E-state index in [0.717, 1.165) is 33.4 Å². The van der Waals surface area contributed by atoms with E-state index in [1.165, 1.54) is 0 Å². The molecule has 7 nitrogen and oxygen atoms in total. The number of carbonyl (C=O) groups excluding carboxylic acids is 2. The van der Waals surface area contributed by atoms with Crippen molar-refractivity contribution in [1.82, 2.24) is 20.8 Å². The zero-order chi connectivity index (χ0) is 24.5. The number of hydrogen-bond acceptors (Lipinski definition) is 6. The third-order valence-electron chi connectivity index (χ3n) is 4.80. The Labute approximate surface area is 208 Å². The lowest BCUT2D eigenvalue weighted by atomic mass is 10.1. The van der Waals surface area contributed by atoms with E-state index in [2.05, 4.69) is 20.8 Å². The van der Waals surface area contributed by atoms with Gasteiger partial charge in [-0.15, -0.1) is 0 Å². The van der Waals surface area contributed by atoms with Crippen molar-refractivity contribution >= 4 is 35.2 Å². The van der Waals surface area contributed by atoms with Gasteiger partial charge in [0.15, 0.2) is 5.16 Å². The van der Waals surface area contributed by atoms with Crippen molar-refractivity contribution < 1.29 is 14.3 Å². The first kappa shape index (κ1) is 25.5. The molecule has 0 spiro atoms. The molecule has 0 radical (unpaired) electrons. The third kappa shape index (κ3) is 8.04. The Morgan fingerprint density at radius 1 is 0.971 bits per heavy atom. The largest absolute Gasteiger partial charge is 0.493 e. The predicted molar refractivity (Wildman–Crippen MR) is 134 cm³/mol. The summed E-state index contributed by atoms with van der Waals surface area (Å²) in [6.45, 7) is 6.19. The van der Waals surface area contributed by atoms with Gasteiger partial charge in [-0.1, -0.05) is 35.5 Å². The Balaban J connectivity index is 1.37. The molecule has 0 unspecified atom stereocenters. The lowest BCUT2D eigenvalue weighted by Gasteiger charge is -2.10. The van der Waals surface area contributed by atoms with Crippen LogP contribution in [0.2, 0.25) is 5.02 Å². The van der Waals surface area contributed by atoms with Crippen LogP contribution >= 0.6 is 23.4 Å². The Kier molecular flexibility index (Phi) is 9.30. The minimum Gasteiger partial charge on any atom is -0.493 e. The molecule has 178 valence electrons. The second-order valence-electron chi connectivity index (χ2n) is 7.78. The number of benzene rings is 2. The fraction of sp³-hybridized carbons (Fsp3) is 0.280. The fourth-order valence-corrected chi connectivity index (χ4v) is 4.24. The van der Waals surface area contributed by atoms with E-state index in [-0.39, 0.29) is 18.2 Å². The van der Waals surface area contributed by atoms with Crippen molar-refractivity contribution in [1.29, 1.82) is 0 Å². The first-order valence-electron chi connectivity index (χ1n) is 10.8. The summed E-state index contributed by atoms with van der Waals surface area (Å²) in [5, 5.41) is 1.39. The molecule has 0 aliphatic rings. The first-order valence-corrected chi connectivity index (χ1v) is 12.2. The van der Waals surface area contributed by atoms with Crippen molar-refractivity contribution in [2.24, 2.45) is 0 Å². The highest BCUT2D eigenvalue weighted by Gasteiger charge is 2.09. The van der Waals surface area contributed by atoms with E-state index in [0.29, 0.717) is 29.4 Å². The van der Waals surface area contributed by atoms with E-state index in [9.17, 15) is 9.59 Å². The number of rotatable bonds is 9. The lowest BCUT2D eigenvalue weighted by Crippen LogP contribution is -2.41. The Morgan fingerprint density at radius 3 is 2.35 bits per heavy atom. The smallest absolute Gasteiger partial charge is 0.269 e. The molecule has 0 aliphatic carbocycles. The average molecular weight is 499 g/mol. The quantitative estimate of drug-likeness (QED) is 0.187. The van der Waals surface area contributed by atoms with E-state index < -0.39 is 0 Å². The number of aromatic nitrogens is 2. The van der Waals surface area contributed by atoms with Gasteiger partial charge in [0.2, 0.25) is 5.91 Å². The standard InChI is InChI=1S/C25H27ClN4O3S/c1-16-13-21(26)10-11-22(16)33-12-4-5-23(31)29-30-24(32)20-8-6-19(7-9-20)15-34-25-27-17(2)14-18(3)28-25/h6-11,13-14H,4-5,12,15H2,1-3H3,(H,29,31)(H,30,32). The maximum absolute atomic E-state index is 12.3. The Hall–Kier alpha value is -3.10. The number of halogens is 1. The minimum absolute atomic E-state index is 0.226. The van der Waals surface area contributed by atoms with Crippen molar-refractivity contribution in [3.05, 3.63) is 81.6 Å². The van der Waals surface area contributed by atoms with Gasteiger partial charge in [0.1, 0.15) is 5.75 Å². The van der Waals surface area contributed by atoms with E-state index in [4.69, 9.17) is 16.3 Å². The van der Waals surface area contributed by atoms with E-state index in [1.807, 2.05) is 45.0 Å². The SMILES string of the molecule is Cc1cc(C)nc(SCc2ccc(C(=O)NNC(=O)CCCOc3ccc(Cl)cc3C)cc2)n1. The number of nitrogens with zero attached hydrogens (tertiary/aromatic N) is 2. The van der Waals surface area contributed by atoms with Gasteiger partial charge in [-0.2, -0.15) is 0 Å². The van der Waals surface area contributed by atoms with Crippen molar-refractivity contribution in [2.75, 3.05) is 6.61 Å². The van der Waals surface area contributed by atoms with Crippen LogP contribution in [0.5, 0.6) is 5.75 Å². The molecular formula is C25H27ClN4O3S. The van der Waals surface area contributed by atoms with Crippen LogP contribution in [0, 0.1) is 20.8 Å². The maximum Gasteiger partial charge on any atom is 0.269 e. The van der Waals surface area contributed by atoms with Gasteiger partial charge in [0.25, 0.3) is 5.91 Å². The number of hydrazine groups is 1. The van der Waals surface area contributed by atoms with Gasteiger partial charge in [0.05, 0.1) is 6.61 Å². The molecule has 2 N–H and O–H groups in total. The molecule has 1 heterocycles. The zero-order valence-electron chi connectivity index (χ0n) is 19.4. The predicted octanol–water partition coefficient (Wildman–Crippen LogP) is 4.97. The van der Waals surface area contributed by atoms with Crippen molar-refractivity contribution in [3.8, 4) is 5.75 Å². The van der Waals surface area contributed by atoms with Crippen LogP contribution in [0.4, 0.5) is 0 Å². The molecule has 34 heavy (non-hydrogen) atoms. The number of amides is 2. The number of nitrogens with one attached hydrogen (secondary N) is 2. The molecule has 0 fully saturated rings. The second-order valence-corrected chi connectivity index (χ2v) is 9.16. The molecule has 2 aromatic carbocycles. The number of thioether (sulfide) groups is 1. The summed E-state index contributed by atoms with van der Waals surface area (Å²) in [5.74, 6) is 0.769. The summed E-state index contributed by atoms with van der Waals surface area (Å²) in [5.41, 5.74) is 9.20.